The molecule has 1 aromatic rings. The van der Waals surface area contributed by atoms with E-state index in [1.54, 1.807) is 6.07 Å². The molecule has 1 aliphatic rings. The van der Waals surface area contributed by atoms with Crippen LogP contribution in [0.25, 0.3) is 0 Å². The van der Waals surface area contributed by atoms with Gasteiger partial charge in [-0.1, -0.05) is 17.7 Å². The summed E-state index contributed by atoms with van der Waals surface area (Å²) in [5, 5.41) is 0.0385. The number of benzene rings is 1. The summed E-state index contributed by atoms with van der Waals surface area (Å²) >= 11 is 5.86. The van der Waals surface area contributed by atoms with Crippen LogP contribution in [0.2, 0.25) is 5.02 Å². The molecule has 1 heterocycles. The second kappa shape index (κ2) is 5.51. The molecule has 0 radical (unpaired) electrons. The average molecular weight is 339 g/mol. The summed E-state index contributed by atoms with van der Waals surface area (Å²) < 4.78 is 49.4. The van der Waals surface area contributed by atoms with Gasteiger partial charge in [0.15, 0.2) is 9.84 Å². The van der Waals surface area contributed by atoms with E-state index in [1.165, 1.54) is 12.1 Å². The first kappa shape index (κ1) is 15.6. The van der Waals surface area contributed by atoms with Crippen molar-refractivity contribution in [1.82, 2.24) is 4.72 Å². The van der Waals surface area contributed by atoms with Crippen LogP contribution in [0.5, 0.6) is 0 Å². The zero-order valence-corrected chi connectivity index (χ0v) is 12.9. The molecular formula is C11H15ClN2O4S2. The minimum absolute atomic E-state index is 0.00746. The highest BCUT2D eigenvalue weighted by atomic mass is 35.5. The van der Waals surface area contributed by atoms with Gasteiger partial charge in [-0.05, 0) is 24.5 Å². The molecular weight excluding hydrogens is 324 g/mol. The number of nitrogens with one attached hydrogen (secondary N) is 1. The van der Waals surface area contributed by atoms with Gasteiger partial charge < -0.3 is 5.73 Å². The first-order chi connectivity index (χ1) is 9.21. The van der Waals surface area contributed by atoms with Crippen LogP contribution in [0.15, 0.2) is 23.1 Å². The van der Waals surface area contributed by atoms with Crippen molar-refractivity contribution < 1.29 is 16.8 Å². The number of anilines is 1. The van der Waals surface area contributed by atoms with Crippen LogP contribution < -0.4 is 10.5 Å². The Labute approximate surface area is 123 Å². The third-order valence-electron chi connectivity index (χ3n) is 3.15. The minimum Gasteiger partial charge on any atom is -0.398 e. The molecule has 1 aliphatic heterocycles. The van der Waals surface area contributed by atoms with Gasteiger partial charge in [0.25, 0.3) is 0 Å². The summed E-state index contributed by atoms with van der Waals surface area (Å²) in [6, 6.07) is 4.44. The van der Waals surface area contributed by atoms with Crippen molar-refractivity contribution in [3.05, 3.63) is 23.2 Å². The predicted octanol–water partition coefficient (Wildman–Crippen LogP) is 0.635. The summed E-state index contributed by atoms with van der Waals surface area (Å²) in [6.45, 7) is 0.0617. The minimum atomic E-state index is -3.85. The maximum atomic E-state index is 12.2. The highest BCUT2D eigenvalue weighted by molar-refractivity contribution is 7.91. The Bertz CT molecular complexity index is 696. The fourth-order valence-corrected chi connectivity index (χ4v) is 5.79. The second-order valence-corrected chi connectivity index (χ2v) is 9.12. The maximum absolute atomic E-state index is 12.2. The van der Waals surface area contributed by atoms with Gasteiger partial charge in [-0.3, -0.25) is 0 Å². The molecule has 0 saturated carbocycles. The van der Waals surface area contributed by atoms with Gasteiger partial charge in [0.1, 0.15) is 4.90 Å². The standard InChI is InChI=1S/C11H15ClN2O4S2/c12-9-2-1-3-10(13)11(9)20(17,18)14-6-8-4-5-19(15,16)7-8/h1-3,8,14H,4-7,13H2. The van der Waals surface area contributed by atoms with Crippen LogP contribution in [0, 0.1) is 5.92 Å². The van der Waals surface area contributed by atoms with Crippen molar-refractivity contribution in [3.8, 4) is 0 Å². The third-order valence-corrected chi connectivity index (χ3v) is 6.96. The molecule has 0 aliphatic carbocycles. The summed E-state index contributed by atoms with van der Waals surface area (Å²) in [7, 11) is -6.88. The summed E-state index contributed by atoms with van der Waals surface area (Å²) in [4.78, 5) is -0.164. The van der Waals surface area contributed by atoms with Crippen LogP contribution in [-0.2, 0) is 19.9 Å². The predicted molar refractivity (Wildman–Crippen MR) is 77.8 cm³/mol. The Hall–Kier alpha value is -0.830. The van der Waals surface area contributed by atoms with Crippen molar-refractivity contribution in [2.75, 3.05) is 23.8 Å². The SMILES string of the molecule is Nc1cccc(Cl)c1S(=O)(=O)NCC1CCS(=O)(=O)C1. The maximum Gasteiger partial charge on any atom is 0.244 e. The van der Waals surface area contributed by atoms with E-state index in [-0.39, 0.29) is 39.6 Å². The first-order valence-electron chi connectivity index (χ1n) is 5.95. The fraction of sp³-hybridized carbons (Fsp3) is 0.455. The van der Waals surface area contributed by atoms with Gasteiger partial charge in [-0.25, -0.2) is 21.6 Å². The Morgan fingerprint density at radius 2 is 2.10 bits per heavy atom. The Morgan fingerprint density at radius 1 is 1.40 bits per heavy atom. The Balaban J connectivity index is 2.13. The molecule has 9 heteroatoms. The van der Waals surface area contributed by atoms with E-state index in [9.17, 15) is 16.8 Å². The van der Waals surface area contributed by atoms with Crippen molar-refractivity contribution in [2.24, 2.45) is 5.92 Å². The molecule has 6 nitrogen and oxygen atoms in total. The highest BCUT2D eigenvalue weighted by Gasteiger charge is 2.29. The van der Waals surface area contributed by atoms with E-state index in [1.807, 2.05) is 0 Å². The van der Waals surface area contributed by atoms with Crippen molar-refractivity contribution in [3.63, 3.8) is 0 Å². The van der Waals surface area contributed by atoms with Gasteiger partial charge >= 0.3 is 0 Å². The first-order valence-corrected chi connectivity index (χ1v) is 9.63. The lowest BCUT2D eigenvalue weighted by Crippen LogP contribution is -2.30. The largest absolute Gasteiger partial charge is 0.398 e. The fourth-order valence-electron chi connectivity index (χ4n) is 2.14. The molecule has 1 saturated heterocycles. The molecule has 0 bridgehead atoms. The van der Waals surface area contributed by atoms with E-state index in [2.05, 4.69) is 4.72 Å². The van der Waals surface area contributed by atoms with E-state index < -0.39 is 19.9 Å². The van der Waals surface area contributed by atoms with E-state index in [4.69, 9.17) is 17.3 Å². The molecule has 112 valence electrons. The van der Waals surface area contributed by atoms with Crippen LogP contribution in [-0.4, -0.2) is 34.9 Å². The molecule has 2 rings (SSSR count). The Morgan fingerprint density at radius 3 is 2.65 bits per heavy atom. The smallest absolute Gasteiger partial charge is 0.244 e. The Kier molecular flexibility index (Phi) is 4.29. The number of hydrogen-bond donors (Lipinski definition) is 2. The molecule has 3 N–H and O–H groups in total. The van der Waals surface area contributed by atoms with Gasteiger partial charge in [0.05, 0.1) is 22.2 Å². The highest BCUT2D eigenvalue weighted by Crippen LogP contribution is 2.27. The molecule has 1 fully saturated rings. The van der Waals surface area contributed by atoms with Crippen LogP contribution in [0.3, 0.4) is 0 Å². The van der Waals surface area contributed by atoms with Gasteiger partial charge in [0, 0.05) is 6.54 Å². The quantitative estimate of drug-likeness (QED) is 0.783. The topological polar surface area (TPSA) is 106 Å². The zero-order chi connectivity index (χ0) is 15.0. The van der Waals surface area contributed by atoms with E-state index in [0.29, 0.717) is 6.42 Å². The lowest BCUT2D eigenvalue weighted by molar-refractivity contribution is 0.543. The summed E-state index contributed by atoms with van der Waals surface area (Å²) in [5.41, 5.74) is 5.69. The lowest BCUT2D eigenvalue weighted by Gasteiger charge is -2.13. The van der Waals surface area contributed by atoms with E-state index >= 15 is 0 Å². The number of sulfone groups is 1. The van der Waals surface area contributed by atoms with Gasteiger partial charge in [0.2, 0.25) is 10.0 Å². The molecule has 0 amide bonds. The summed E-state index contributed by atoms with van der Waals surface area (Å²) in [6.07, 6.45) is 0.461. The number of sulfonamides is 1. The average Bonchev–Trinajstić information content (AvgIpc) is 2.66. The molecule has 1 aromatic carbocycles. The van der Waals surface area contributed by atoms with Crippen LogP contribution in [0.4, 0.5) is 5.69 Å². The molecule has 0 spiro atoms. The lowest BCUT2D eigenvalue weighted by atomic mass is 10.1. The normalized spacial score (nSPS) is 21.9. The third kappa shape index (κ3) is 3.43. The number of nitrogen functional groups attached to an aromatic ring is 1. The van der Waals surface area contributed by atoms with Crippen molar-refractivity contribution in [2.45, 2.75) is 11.3 Å². The molecule has 1 unspecified atom stereocenters. The molecule has 1 atom stereocenters. The number of rotatable bonds is 4. The monoisotopic (exact) mass is 338 g/mol. The summed E-state index contributed by atoms with van der Waals surface area (Å²) in [5.74, 6) is -0.0975. The molecule has 20 heavy (non-hydrogen) atoms. The van der Waals surface area contributed by atoms with Gasteiger partial charge in [-0.2, -0.15) is 0 Å². The van der Waals surface area contributed by atoms with Gasteiger partial charge in [-0.15, -0.1) is 0 Å². The van der Waals surface area contributed by atoms with Crippen molar-refractivity contribution >= 4 is 37.1 Å². The van der Waals surface area contributed by atoms with Crippen molar-refractivity contribution in [1.29, 1.82) is 0 Å². The zero-order valence-electron chi connectivity index (χ0n) is 10.5. The number of hydrogen-bond acceptors (Lipinski definition) is 5. The number of nitrogens with two attached hydrogens (primary N) is 1. The van der Waals surface area contributed by atoms with Crippen LogP contribution >= 0.6 is 11.6 Å². The molecule has 0 aromatic heterocycles. The van der Waals surface area contributed by atoms with Crippen LogP contribution in [0.1, 0.15) is 6.42 Å². The number of halogens is 1. The van der Waals surface area contributed by atoms with E-state index in [0.717, 1.165) is 0 Å². The second-order valence-electron chi connectivity index (χ2n) is 4.78.